The van der Waals surface area contributed by atoms with Crippen molar-refractivity contribution in [3.05, 3.63) is 35.2 Å². The largest absolute Gasteiger partial charge is 0.452 e. The van der Waals surface area contributed by atoms with Crippen LogP contribution in [0.1, 0.15) is 5.82 Å². The molecule has 0 atom stereocenters. The third-order valence-corrected chi connectivity index (χ3v) is 2.70. The maximum atomic E-state index is 12.8. The Kier molecular flexibility index (Phi) is 2.21. The van der Waals surface area contributed by atoms with Crippen LogP contribution in [0.4, 0.5) is 13.2 Å². The first-order valence-corrected chi connectivity index (χ1v) is 5.23. The highest BCUT2D eigenvalue weighted by Gasteiger charge is 2.38. The molecule has 1 aromatic carbocycles. The zero-order valence-corrected chi connectivity index (χ0v) is 9.37. The van der Waals surface area contributed by atoms with Crippen LogP contribution in [-0.2, 0) is 6.18 Å². The van der Waals surface area contributed by atoms with E-state index in [0.717, 1.165) is 4.40 Å². The van der Waals surface area contributed by atoms with Gasteiger partial charge in [0.05, 0.1) is 11.0 Å². The van der Waals surface area contributed by atoms with Gasteiger partial charge in [-0.3, -0.25) is 4.40 Å². The summed E-state index contributed by atoms with van der Waals surface area (Å²) in [4.78, 5) is 3.97. The quantitative estimate of drug-likeness (QED) is 0.632. The van der Waals surface area contributed by atoms with Crippen LogP contribution in [0.15, 0.2) is 24.3 Å². The molecule has 0 saturated carbocycles. The molecule has 0 aliphatic rings. The van der Waals surface area contributed by atoms with Gasteiger partial charge in [-0.05, 0) is 12.1 Å². The summed E-state index contributed by atoms with van der Waals surface area (Å²) in [6.45, 7) is 0. The lowest BCUT2D eigenvalue weighted by Gasteiger charge is -2.07. The molecule has 4 nitrogen and oxygen atoms in total. The predicted octanol–water partition coefficient (Wildman–Crippen LogP) is 2.95. The Morgan fingerprint density at radius 3 is 2.56 bits per heavy atom. The Morgan fingerprint density at radius 1 is 1.11 bits per heavy atom. The van der Waals surface area contributed by atoms with Crippen molar-refractivity contribution in [2.75, 3.05) is 0 Å². The average Bonchev–Trinajstić information content (AvgIpc) is 2.74. The molecule has 18 heavy (non-hydrogen) atoms. The van der Waals surface area contributed by atoms with Gasteiger partial charge < -0.3 is 0 Å². The van der Waals surface area contributed by atoms with Gasteiger partial charge in [0.15, 0.2) is 10.8 Å². The highest BCUT2D eigenvalue weighted by Crippen LogP contribution is 2.31. The second kappa shape index (κ2) is 3.55. The van der Waals surface area contributed by atoms with Gasteiger partial charge in [0.2, 0.25) is 5.82 Å². The fourth-order valence-corrected chi connectivity index (χ4v) is 1.95. The summed E-state index contributed by atoms with van der Waals surface area (Å²) in [6.07, 6.45) is -4.60. The van der Waals surface area contributed by atoms with Gasteiger partial charge in [0.1, 0.15) is 0 Å². The van der Waals surface area contributed by atoms with Crippen molar-refractivity contribution in [2.24, 2.45) is 0 Å². The molecular weight excluding hydrogens is 269 g/mol. The van der Waals surface area contributed by atoms with Crippen molar-refractivity contribution >= 4 is 28.3 Å². The number of benzene rings is 1. The Hall–Kier alpha value is -1.89. The van der Waals surface area contributed by atoms with E-state index in [-0.39, 0.29) is 16.3 Å². The summed E-state index contributed by atoms with van der Waals surface area (Å²) in [5.41, 5.74) is 0.497. The summed E-state index contributed by atoms with van der Waals surface area (Å²) < 4.78 is 39.3. The van der Waals surface area contributed by atoms with Crippen LogP contribution in [-0.4, -0.2) is 19.6 Å². The first kappa shape index (κ1) is 11.2. The molecule has 0 bridgehead atoms. The number of hydrogen-bond donors (Lipinski definition) is 0. The van der Waals surface area contributed by atoms with Gasteiger partial charge in [-0.1, -0.05) is 23.7 Å². The molecule has 0 spiro atoms. The fraction of sp³-hybridized carbons (Fsp3) is 0.100. The number of para-hydroxylation sites is 2. The molecule has 0 amide bonds. The van der Waals surface area contributed by atoms with Crippen molar-refractivity contribution < 1.29 is 13.2 Å². The van der Waals surface area contributed by atoms with Crippen LogP contribution >= 0.6 is 11.6 Å². The molecule has 0 saturated heterocycles. The third-order valence-electron chi connectivity index (χ3n) is 2.44. The number of nitrogens with zero attached hydrogens (tertiary/aromatic N) is 4. The number of halogens is 4. The summed E-state index contributed by atoms with van der Waals surface area (Å²) >= 11 is 5.80. The molecule has 0 unspecified atom stereocenters. The molecular formula is C10H4ClF3N4. The van der Waals surface area contributed by atoms with Crippen LogP contribution in [0, 0.1) is 0 Å². The lowest BCUT2D eigenvalue weighted by molar-refractivity contribution is -0.145. The van der Waals surface area contributed by atoms with E-state index < -0.39 is 12.0 Å². The highest BCUT2D eigenvalue weighted by molar-refractivity contribution is 6.32. The smallest absolute Gasteiger partial charge is 0.267 e. The average molecular weight is 273 g/mol. The highest BCUT2D eigenvalue weighted by atomic mass is 35.5. The molecule has 3 aromatic rings. The minimum atomic E-state index is -4.60. The molecule has 92 valence electrons. The summed E-state index contributed by atoms with van der Waals surface area (Å²) in [6, 6.07) is 6.34. The molecule has 0 radical (unpaired) electrons. The molecule has 2 aromatic heterocycles. The van der Waals surface area contributed by atoms with E-state index in [1.807, 2.05) is 0 Å². The van der Waals surface area contributed by atoms with Gasteiger partial charge in [-0.25, -0.2) is 4.98 Å². The minimum Gasteiger partial charge on any atom is -0.267 e. The predicted molar refractivity (Wildman–Crippen MR) is 58.3 cm³/mol. The normalized spacial score (nSPS) is 12.4. The Labute approximate surface area is 103 Å². The number of alkyl halides is 3. The van der Waals surface area contributed by atoms with Crippen molar-refractivity contribution in [3.63, 3.8) is 0 Å². The van der Waals surface area contributed by atoms with Crippen molar-refractivity contribution in [1.82, 2.24) is 19.6 Å². The zero-order valence-electron chi connectivity index (χ0n) is 8.61. The molecule has 0 N–H and O–H groups in total. The zero-order chi connectivity index (χ0) is 12.9. The topological polar surface area (TPSA) is 43.1 Å². The SMILES string of the molecule is FC(F)(F)c1nnc2c(Cl)nc3ccccc3n12. The van der Waals surface area contributed by atoms with Crippen molar-refractivity contribution in [3.8, 4) is 0 Å². The Morgan fingerprint density at radius 2 is 1.83 bits per heavy atom. The van der Waals surface area contributed by atoms with Crippen molar-refractivity contribution in [2.45, 2.75) is 6.18 Å². The van der Waals surface area contributed by atoms with E-state index in [4.69, 9.17) is 11.6 Å². The second-order valence-corrected chi connectivity index (χ2v) is 3.93. The van der Waals surface area contributed by atoms with E-state index in [9.17, 15) is 13.2 Å². The van der Waals surface area contributed by atoms with Crippen LogP contribution in [0.25, 0.3) is 16.7 Å². The summed E-state index contributed by atoms with van der Waals surface area (Å²) in [5.74, 6) is -1.11. The summed E-state index contributed by atoms with van der Waals surface area (Å²) in [5, 5.41) is 6.46. The molecule has 2 heterocycles. The van der Waals surface area contributed by atoms with E-state index in [1.165, 1.54) is 6.07 Å². The first-order chi connectivity index (χ1) is 8.48. The summed E-state index contributed by atoms with van der Waals surface area (Å²) in [7, 11) is 0. The van der Waals surface area contributed by atoms with Gasteiger partial charge in [-0.15, -0.1) is 10.2 Å². The van der Waals surface area contributed by atoms with E-state index in [0.29, 0.717) is 5.52 Å². The lowest BCUT2D eigenvalue weighted by Crippen LogP contribution is -2.11. The van der Waals surface area contributed by atoms with Gasteiger partial charge in [0.25, 0.3) is 0 Å². The fourth-order valence-electron chi connectivity index (χ4n) is 1.73. The van der Waals surface area contributed by atoms with Crippen molar-refractivity contribution in [1.29, 1.82) is 0 Å². The van der Waals surface area contributed by atoms with Crippen LogP contribution < -0.4 is 0 Å². The monoisotopic (exact) mass is 272 g/mol. The minimum absolute atomic E-state index is 0.109. The molecule has 0 aliphatic heterocycles. The maximum absolute atomic E-state index is 12.8. The van der Waals surface area contributed by atoms with Crippen LogP contribution in [0.5, 0.6) is 0 Å². The Bertz CT molecular complexity index is 750. The number of hydrogen-bond acceptors (Lipinski definition) is 3. The van der Waals surface area contributed by atoms with Crippen LogP contribution in [0.3, 0.4) is 0 Å². The maximum Gasteiger partial charge on any atom is 0.452 e. The van der Waals surface area contributed by atoms with Gasteiger partial charge >= 0.3 is 6.18 Å². The third kappa shape index (κ3) is 1.51. The number of aromatic nitrogens is 4. The second-order valence-electron chi connectivity index (χ2n) is 3.57. The standard InChI is InChI=1S/C10H4ClF3N4/c11-7-8-16-17-9(10(12,13)14)18(8)6-4-2-1-3-5(6)15-7/h1-4H. The first-order valence-electron chi connectivity index (χ1n) is 4.85. The van der Waals surface area contributed by atoms with E-state index in [2.05, 4.69) is 15.2 Å². The van der Waals surface area contributed by atoms with Gasteiger partial charge in [-0.2, -0.15) is 13.2 Å². The number of rotatable bonds is 0. The molecule has 3 rings (SSSR count). The van der Waals surface area contributed by atoms with Crippen LogP contribution in [0.2, 0.25) is 5.15 Å². The molecule has 0 aliphatic carbocycles. The Balaban J connectivity index is 2.56. The van der Waals surface area contributed by atoms with E-state index in [1.54, 1.807) is 18.2 Å². The molecule has 0 fully saturated rings. The lowest BCUT2D eigenvalue weighted by atomic mass is 10.3. The number of fused-ring (bicyclic) bond motifs is 3. The van der Waals surface area contributed by atoms with Gasteiger partial charge in [0, 0.05) is 0 Å². The molecule has 8 heteroatoms. The van der Waals surface area contributed by atoms with E-state index >= 15 is 0 Å².